The number of unbranched alkanes of at least 4 members (excludes halogenated alkanes) is 1. The minimum atomic E-state index is -0.496. The molecule has 4 heteroatoms. The molecule has 1 N–H and O–H groups in total. The third-order valence-corrected chi connectivity index (χ3v) is 2.18. The van der Waals surface area contributed by atoms with Gasteiger partial charge in [-0.1, -0.05) is 20.3 Å². The maximum Gasteiger partial charge on any atom is 0.260 e. The summed E-state index contributed by atoms with van der Waals surface area (Å²) in [6, 6.07) is 0. The topological polar surface area (TPSA) is 38.3 Å². The highest BCUT2D eigenvalue weighted by Gasteiger charge is 2.13. The van der Waals surface area contributed by atoms with Crippen molar-refractivity contribution in [1.29, 1.82) is 0 Å². The lowest BCUT2D eigenvalue weighted by Crippen LogP contribution is -2.33. The van der Waals surface area contributed by atoms with Gasteiger partial charge in [0.2, 0.25) is 0 Å². The predicted octanol–water partition coefficient (Wildman–Crippen LogP) is 2.05. The molecule has 0 rings (SSSR count). The van der Waals surface area contributed by atoms with Crippen LogP contribution in [0.4, 0.5) is 0 Å². The van der Waals surface area contributed by atoms with Crippen LogP contribution >= 0.6 is 15.9 Å². The van der Waals surface area contributed by atoms with Gasteiger partial charge in [0.15, 0.2) is 5.01 Å². The van der Waals surface area contributed by atoms with Gasteiger partial charge in [-0.2, -0.15) is 0 Å². The Balaban J connectivity index is 3.45. The predicted molar refractivity (Wildman–Crippen MR) is 56.9 cm³/mol. The molecule has 1 atom stereocenters. The van der Waals surface area contributed by atoms with E-state index in [1.165, 1.54) is 0 Å². The van der Waals surface area contributed by atoms with E-state index < -0.39 is 5.01 Å². The Hall–Kier alpha value is -0.0900. The summed E-state index contributed by atoms with van der Waals surface area (Å²) >= 11 is 3.16. The summed E-state index contributed by atoms with van der Waals surface area (Å²) in [7, 11) is 0. The molecule has 0 aromatic rings. The molecule has 0 aliphatic carbocycles. The SMILES string of the molecule is CCCCNC(=O)C(Br)OCCC. The summed E-state index contributed by atoms with van der Waals surface area (Å²) in [5.74, 6) is -0.0816. The fourth-order valence-corrected chi connectivity index (χ4v) is 1.11. The highest BCUT2D eigenvalue weighted by molar-refractivity contribution is 9.09. The minimum Gasteiger partial charge on any atom is -0.357 e. The molecule has 0 saturated carbocycles. The smallest absolute Gasteiger partial charge is 0.260 e. The van der Waals surface area contributed by atoms with Gasteiger partial charge in [-0.15, -0.1) is 0 Å². The van der Waals surface area contributed by atoms with Gasteiger partial charge >= 0.3 is 0 Å². The van der Waals surface area contributed by atoms with Crippen LogP contribution < -0.4 is 5.32 Å². The Kier molecular flexibility index (Phi) is 8.45. The molecule has 0 aromatic carbocycles. The van der Waals surface area contributed by atoms with Crippen molar-refractivity contribution in [3.8, 4) is 0 Å². The lowest BCUT2D eigenvalue weighted by molar-refractivity contribution is -0.127. The van der Waals surface area contributed by atoms with E-state index in [-0.39, 0.29) is 5.91 Å². The molecule has 0 spiro atoms. The molecule has 1 unspecified atom stereocenters. The Morgan fingerprint density at radius 3 is 2.69 bits per heavy atom. The molecule has 0 aromatic heterocycles. The van der Waals surface area contributed by atoms with Crippen LogP contribution in [0.5, 0.6) is 0 Å². The normalized spacial score (nSPS) is 12.5. The van der Waals surface area contributed by atoms with Gasteiger partial charge in [0.25, 0.3) is 5.91 Å². The molecule has 0 fully saturated rings. The molecule has 3 nitrogen and oxygen atoms in total. The largest absolute Gasteiger partial charge is 0.357 e. The van der Waals surface area contributed by atoms with E-state index in [0.717, 1.165) is 25.8 Å². The number of amides is 1. The lowest BCUT2D eigenvalue weighted by Gasteiger charge is -2.10. The first-order valence-electron chi connectivity index (χ1n) is 4.75. The molecule has 0 saturated heterocycles. The van der Waals surface area contributed by atoms with Crippen LogP contribution in [0.25, 0.3) is 0 Å². The van der Waals surface area contributed by atoms with Crippen LogP contribution in [-0.2, 0) is 9.53 Å². The van der Waals surface area contributed by atoms with E-state index in [1.807, 2.05) is 6.92 Å². The number of ether oxygens (including phenoxy) is 1. The third-order valence-electron chi connectivity index (χ3n) is 1.50. The molecule has 0 aliphatic heterocycles. The molecule has 13 heavy (non-hydrogen) atoms. The van der Waals surface area contributed by atoms with Gasteiger partial charge in [0.1, 0.15) is 0 Å². The van der Waals surface area contributed by atoms with Crippen molar-refractivity contribution in [3.63, 3.8) is 0 Å². The van der Waals surface area contributed by atoms with Gasteiger partial charge in [0, 0.05) is 13.2 Å². The number of rotatable bonds is 7. The standard InChI is InChI=1S/C9H18BrNO2/c1-3-5-6-11-9(12)8(10)13-7-4-2/h8H,3-7H2,1-2H3,(H,11,12). The van der Waals surface area contributed by atoms with Crippen molar-refractivity contribution in [1.82, 2.24) is 5.32 Å². The second-order valence-electron chi connectivity index (χ2n) is 2.83. The zero-order chi connectivity index (χ0) is 10.1. The van der Waals surface area contributed by atoms with Crippen LogP contribution in [0.3, 0.4) is 0 Å². The van der Waals surface area contributed by atoms with Crippen molar-refractivity contribution in [2.45, 2.75) is 38.1 Å². The summed E-state index contributed by atoms with van der Waals surface area (Å²) in [4.78, 5) is 11.2. The maximum absolute atomic E-state index is 11.2. The van der Waals surface area contributed by atoms with Gasteiger partial charge in [-0.05, 0) is 28.8 Å². The number of hydrogen-bond acceptors (Lipinski definition) is 2. The van der Waals surface area contributed by atoms with Gasteiger partial charge in [0.05, 0.1) is 0 Å². The fourth-order valence-electron chi connectivity index (χ4n) is 0.766. The zero-order valence-electron chi connectivity index (χ0n) is 8.31. The molecular formula is C9H18BrNO2. The van der Waals surface area contributed by atoms with E-state index in [2.05, 4.69) is 28.2 Å². The summed E-state index contributed by atoms with van der Waals surface area (Å²) < 4.78 is 5.19. The third kappa shape index (κ3) is 7.02. The number of hydrogen-bond donors (Lipinski definition) is 1. The molecule has 0 heterocycles. The second-order valence-corrected chi connectivity index (χ2v) is 3.66. The first-order chi connectivity index (χ1) is 6.22. The van der Waals surface area contributed by atoms with Crippen molar-refractivity contribution in [2.75, 3.05) is 13.2 Å². The number of halogens is 1. The summed E-state index contributed by atoms with van der Waals surface area (Å²) in [6.07, 6.45) is 3.02. The zero-order valence-corrected chi connectivity index (χ0v) is 9.89. The summed E-state index contributed by atoms with van der Waals surface area (Å²) in [6.45, 7) is 5.43. The van der Waals surface area contributed by atoms with Crippen LogP contribution in [0, 0.1) is 0 Å². The first kappa shape index (κ1) is 12.9. The number of nitrogens with one attached hydrogen (secondary N) is 1. The fraction of sp³-hybridized carbons (Fsp3) is 0.889. The molecule has 0 bridgehead atoms. The second kappa shape index (κ2) is 8.51. The Morgan fingerprint density at radius 1 is 1.46 bits per heavy atom. The number of carbonyl (C=O) groups is 1. The molecule has 1 amide bonds. The molecule has 78 valence electrons. The maximum atomic E-state index is 11.2. The van der Waals surface area contributed by atoms with Crippen LogP contribution in [0.1, 0.15) is 33.1 Å². The summed E-state index contributed by atoms with van der Waals surface area (Å²) in [5.41, 5.74) is 0. The molecule has 0 radical (unpaired) electrons. The lowest BCUT2D eigenvalue weighted by atomic mass is 10.3. The van der Waals surface area contributed by atoms with Crippen molar-refractivity contribution in [3.05, 3.63) is 0 Å². The average molecular weight is 252 g/mol. The van der Waals surface area contributed by atoms with E-state index in [1.54, 1.807) is 0 Å². The Bertz CT molecular complexity index is 142. The highest BCUT2D eigenvalue weighted by atomic mass is 79.9. The number of carbonyl (C=O) groups excluding carboxylic acids is 1. The molecular weight excluding hydrogens is 234 g/mol. The minimum absolute atomic E-state index is 0.0816. The van der Waals surface area contributed by atoms with Gasteiger partial charge in [-0.25, -0.2) is 0 Å². The van der Waals surface area contributed by atoms with Gasteiger partial charge in [-0.3, -0.25) is 4.79 Å². The van der Waals surface area contributed by atoms with Crippen LogP contribution in [-0.4, -0.2) is 24.1 Å². The quantitative estimate of drug-likeness (QED) is 0.556. The van der Waals surface area contributed by atoms with Crippen molar-refractivity contribution < 1.29 is 9.53 Å². The molecule has 0 aliphatic rings. The van der Waals surface area contributed by atoms with Crippen LogP contribution in [0.15, 0.2) is 0 Å². The van der Waals surface area contributed by atoms with E-state index in [9.17, 15) is 4.79 Å². The first-order valence-corrected chi connectivity index (χ1v) is 5.67. The Labute approximate surface area is 88.4 Å². The Morgan fingerprint density at radius 2 is 2.15 bits per heavy atom. The van der Waals surface area contributed by atoms with Crippen molar-refractivity contribution in [2.24, 2.45) is 0 Å². The highest BCUT2D eigenvalue weighted by Crippen LogP contribution is 2.02. The average Bonchev–Trinajstić information content (AvgIpc) is 2.14. The van der Waals surface area contributed by atoms with Gasteiger partial charge < -0.3 is 10.1 Å². The van der Waals surface area contributed by atoms with E-state index in [4.69, 9.17) is 4.74 Å². The van der Waals surface area contributed by atoms with Crippen LogP contribution in [0.2, 0.25) is 0 Å². The van der Waals surface area contributed by atoms with E-state index >= 15 is 0 Å². The summed E-state index contributed by atoms with van der Waals surface area (Å²) in [5, 5.41) is 2.29. The monoisotopic (exact) mass is 251 g/mol. The van der Waals surface area contributed by atoms with Crippen molar-refractivity contribution >= 4 is 21.8 Å². The van der Waals surface area contributed by atoms with E-state index in [0.29, 0.717) is 6.61 Å². The number of alkyl halides is 1.